The Hall–Kier alpha value is -3.76. The molecule has 1 saturated heterocycles. The van der Waals surface area contributed by atoms with Gasteiger partial charge in [0.2, 0.25) is 0 Å². The fourth-order valence-electron chi connectivity index (χ4n) is 5.51. The van der Waals surface area contributed by atoms with Gasteiger partial charge in [-0.25, -0.2) is 4.68 Å². The second-order valence-electron chi connectivity index (χ2n) is 9.59. The number of aromatic nitrogens is 5. The SMILES string of the molecule is COc1cc2cc([C@@H](c3nnnn3C[C@@H]3CCCO3)N3CCc4ccccc4C3)c(=O)[nH]c2cc1OC. The van der Waals surface area contributed by atoms with Crippen LogP contribution in [0.25, 0.3) is 10.9 Å². The smallest absolute Gasteiger partial charge is 0.253 e. The van der Waals surface area contributed by atoms with Crippen molar-refractivity contribution in [1.82, 2.24) is 30.1 Å². The van der Waals surface area contributed by atoms with Crippen molar-refractivity contribution in [2.75, 3.05) is 27.4 Å². The van der Waals surface area contributed by atoms with Crippen LogP contribution in [0.3, 0.4) is 0 Å². The van der Waals surface area contributed by atoms with Crippen LogP contribution in [0, 0.1) is 0 Å². The summed E-state index contributed by atoms with van der Waals surface area (Å²) in [6.07, 6.45) is 2.96. The minimum atomic E-state index is -0.439. The molecule has 4 aromatic rings. The molecule has 192 valence electrons. The zero-order valence-corrected chi connectivity index (χ0v) is 21.0. The lowest BCUT2D eigenvalue weighted by Crippen LogP contribution is -2.39. The molecule has 2 aliphatic rings. The van der Waals surface area contributed by atoms with Gasteiger partial charge in [-0.1, -0.05) is 24.3 Å². The summed E-state index contributed by atoms with van der Waals surface area (Å²) in [7, 11) is 3.18. The van der Waals surface area contributed by atoms with Crippen LogP contribution in [-0.4, -0.2) is 63.6 Å². The van der Waals surface area contributed by atoms with Crippen LogP contribution >= 0.6 is 0 Å². The molecule has 0 spiro atoms. The first kappa shape index (κ1) is 23.6. The molecular weight excluding hydrogens is 472 g/mol. The molecule has 37 heavy (non-hydrogen) atoms. The predicted molar refractivity (Wildman–Crippen MR) is 137 cm³/mol. The van der Waals surface area contributed by atoms with E-state index in [2.05, 4.69) is 49.7 Å². The lowest BCUT2D eigenvalue weighted by Gasteiger charge is -2.35. The number of hydrogen-bond donors (Lipinski definition) is 1. The van der Waals surface area contributed by atoms with Gasteiger partial charge in [0.15, 0.2) is 17.3 Å². The molecule has 0 radical (unpaired) electrons. The van der Waals surface area contributed by atoms with Gasteiger partial charge in [0.1, 0.15) is 6.04 Å². The lowest BCUT2D eigenvalue weighted by atomic mass is 9.96. The molecular formula is C27H30N6O4. The highest BCUT2D eigenvalue weighted by Gasteiger charge is 2.33. The van der Waals surface area contributed by atoms with Crippen molar-refractivity contribution in [3.63, 3.8) is 0 Å². The van der Waals surface area contributed by atoms with Crippen molar-refractivity contribution in [3.05, 3.63) is 75.3 Å². The van der Waals surface area contributed by atoms with E-state index in [1.165, 1.54) is 11.1 Å². The van der Waals surface area contributed by atoms with Gasteiger partial charge in [-0.2, -0.15) is 0 Å². The zero-order valence-electron chi connectivity index (χ0n) is 21.0. The Morgan fingerprint density at radius 3 is 2.73 bits per heavy atom. The molecule has 0 aliphatic carbocycles. The Bertz CT molecular complexity index is 1480. The first-order valence-electron chi connectivity index (χ1n) is 12.6. The van der Waals surface area contributed by atoms with Gasteiger partial charge in [-0.15, -0.1) is 5.10 Å². The average molecular weight is 503 g/mol. The number of rotatable bonds is 7. The van der Waals surface area contributed by atoms with E-state index in [1.54, 1.807) is 25.0 Å². The average Bonchev–Trinajstić information content (AvgIpc) is 3.61. The summed E-state index contributed by atoms with van der Waals surface area (Å²) in [5.41, 5.74) is 3.66. The molecule has 4 heterocycles. The highest BCUT2D eigenvalue weighted by Crippen LogP contribution is 2.35. The monoisotopic (exact) mass is 502 g/mol. The van der Waals surface area contributed by atoms with E-state index in [0.29, 0.717) is 41.5 Å². The number of pyridine rings is 1. The van der Waals surface area contributed by atoms with Crippen LogP contribution in [0.2, 0.25) is 0 Å². The maximum Gasteiger partial charge on any atom is 0.253 e. The van der Waals surface area contributed by atoms with Crippen molar-refractivity contribution in [3.8, 4) is 11.5 Å². The van der Waals surface area contributed by atoms with Gasteiger partial charge < -0.3 is 19.2 Å². The second kappa shape index (κ2) is 9.95. The van der Waals surface area contributed by atoms with Crippen LogP contribution in [0.15, 0.2) is 47.3 Å². The summed E-state index contributed by atoms with van der Waals surface area (Å²) in [4.78, 5) is 19.0. The van der Waals surface area contributed by atoms with E-state index in [9.17, 15) is 4.79 Å². The summed E-state index contributed by atoms with van der Waals surface area (Å²) < 4.78 is 18.6. The summed E-state index contributed by atoms with van der Waals surface area (Å²) >= 11 is 0. The van der Waals surface area contributed by atoms with Crippen molar-refractivity contribution in [2.45, 2.75) is 44.5 Å². The Morgan fingerprint density at radius 2 is 1.95 bits per heavy atom. The molecule has 6 rings (SSSR count). The molecule has 2 atom stereocenters. The third-order valence-electron chi connectivity index (χ3n) is 7.40. The number of methoxy groups -OCH3 is 2. The van der Waals surface area contributed by atoms with Gasteiger partial charge in [-0.3, -0.25) is 9.69 Å². The van der Waals surface area contributed by atoms with Crippen LogP contribution in [0.1, 0.15) is 41.4 Å². The van der Waals surface area contributed by atoms with Crippen LogP contribution in [0.5, 0.6) is 11.5 Å². The highest BCUT2D eigenvalue weighted by molar-refractivity contribution is 5.83. The van der Waals surface area contributed by atoms with Crippen molar-refractivity contribution in [2.24, 2.45) is 0 Å². The third-order valence-corrected chi connectivity index (χ3v) is 7.40. The van der Waals surface area contributed by atoms with Crippen molar-refractivity contribution >= 4 is 10.9 Å². The van der Waals surface area contributed by atoms with Crippen LogP contribution in [-0.2, 0) is 24.2 Å². The highest BCUT2D eigenvalue weighted by atomic mass is 16.5. The number of hydrogen-bond acceptors (Lipinski definition) is 8. The summed E-state index contributed by atoms with van der Waals surface area (Å²) in [5, 5.41) is 13.6. The zero-order chi connectivity index (χ0) is 25.4. The van der Waals surface area contributed by atoms with Gasteiger partial charge in [0, 0.05) is 36.7 Å². The molecule has 0 saturated carbocycles. The third kappa shape index (κ3) is 4.47. The number of aromatic amines is 1. The number of benzene rings is 2. The van der Waals surface area contributed by atoms with Crippen molar-refractivity contribution in [1.29, 1.82) is 0 Å². The number of nitrogens with one attached hydrogen (secondary N) is 1. The quantitative estimate of drug-likeness (QED) is 0.411. The Balaban J connectivity index is 1.47. The van der Waals surface area contributed by atoms with E-state index in [-0.39, 0.29) is 11.7 Å². The Labute approximate surface area is 214 Å². The van der Waals surface area contributed by atoms with Crippen LogP contribution < -0.4 is 15.0 Å². The van der Waals surface area contributed by atoms with Gasteiger partial charge in [0.25, 0.3) is 5.56 Å². The van der Waals surface area contributed by atoms with E-state index in [0.717, 1.165) is 37.8 Å². The molecule has 1 N–H and O–H groups in total. The van der Waals surface area contributed by atoms with Gasteiger partial charge >= 0.3 is 0 Å². The predicted octanol–water partition coefficient (Wildman–Crippen LogP) is 2.86. The van der Waals surface area contributed by atoms with Crippen molar-refractivity contribution < 1.29 is 14.2 Å². The Kier molecular flexibility index (Phi) is 6.35. The largest absolute Gasteiger partial charge is 0.493 e. The van der Waals surface area contributed by atoms with E-state index < -0.39 is 6.04 Å². The minimum absolute atomic E-state index is 0.0663. The molecule has 2 aromatic carbocycles. The van der Waals surface area contributed by atoms with E-state index in [4.69, 9.17) is 14.2 Å². The second-order valence-corrected chi connectivity index (χ2v) is 9.59. The first-order chi connectivity index (χ1) is 18.1. The topological polar surface area (TPSA) is 107 Å². The number of nitrogens with zero attached hydrogens (tertiary/aromatic N) is 5. The molecule has 10 heteroatoms. The molecule has 10 nitrogen and oxygen atoms in total. The molecule has 0 unspecified atom stereocenters. The molecule has 0 bridgehead atoms. The summed E-state index contributed by atoms with van der Waals surface area (Å²) in [5.74, 6) is 1.79. The number of H-pyrrole nitrogens is 1. The maximum atomic E-state index is 13.6. The van der Waals surface area contributed by atoms with Crippen LogP contribution in [0.4, 0.5) is 0 Å². The fourth-order valence-corrected chi connectivity index (χ4v) is 5.51. The molecule has 2 aliphatic heterocycles. The fraction of sp³-hybridized carbons (Fsp3) is 0.407. The number of tetrazole rings is 1. The normalized spacial score (nSPS) is 18.6. The van der Waals surface area contributed by atoms with Gasteiger partial charge in [-0.05, 0) is 52.9 Å². The van der Waals surface area contributed by atoms with E-state index >= 15 is 0 Å². The molecule has 2 aromatic heterocycles. The first-order valence-corrected chi connectivity index (χ1v) is 12.6. The lowest BCUT2D eigenvalue weighted by molar-refractivity contribution is 0.0904. The number of fused-ring (bicyclic) bond motifs is 2. The van der Waals surface area contributed by atoms with Gasteiger partial charge in [0.05, 0.1) is 32.4 Å². The maximum absolute atomic E-state index is 13.6. The number of ether oxygens (including phenoxy) is 3. The Morgan fingerprint density at radius 1 is 1.14 bits per heavy atom. The minimum Gasteiger partial charge on any atom is -0.493 e. The standard InChI is InChI=1S/C27H30N6O4/c1-35-23-13-19-12-21(27(34)28-22(19)14-24(23)36-2)25(32-10-9-17-6-3-4-7-18(17)15-32)26-29-30-31-33(26)16-20-8-5-11-37-20/h3-4,6-7,12-14,20,25H,5,8-11,15-16H2,1-2H3,(H,28,34)/t20-,25-/m0/s1. The molecule has 0 amide bonds. The summed E-state index contributed by atoms with van der Waals surface area (Å²) in [6.45, 7) is 2.78. The molecule has 1 fully saturated rings. The summed E-state index contributed by atoms with van der Waals surface area (Å²) in [6, 6.07) is 13.6. The van der Waals surface area contributed by atoms with E-state index in [1.807, 2.05) is 12.1 Å².